The highest BCUT2D eigenvalue weighted by Crippen LogP contribution is 2.22. The highest BCUT2D eigenvalue weighted by Gasteiger charge is 2.29. The van der Waals surface area contributed by atoms with Gasteiger partial charge in [-0.05, 0) is 25.7 Å². The first kappa shape index (κ1) is 15.6. The second kappa shape index (κ2) is 7.84. The lowest BCUT2D eigenvalue weighted by molar-refractivity contribution is 0.0409. The molecule has 1 aliphatic carbocycles. The van der Waals surface area contributed by atoms with Crippen LogP contribution in [-0.4, -0.2) is 57.0 Å². The number of nitrogens with zero attached hydrogens (tertiary/aromatic N) is 1. The number of urea groups is 1. The van der Waals surface area contributed by atoms with Crippen molar-refractivity contribution in [3.8, 4) is 0 Å². The molecule has 1 saturated heterocycles. The fraction of sp³-hybridized carbons (Fsp3) is 0.933. The molecule has 0 bridgehead atoms. The van der Waals surface area contributed by atoms with E-state index in [-0.39, 0.29) is 18.2 Å². The van der Waals surface area contributed by atoms with E-state index in [4.69, 9.17) is 9.47 Å². The lowest BCUT2D eigenvalue weighted by Crippen LogP contribution is -2.53. The summed E-state index contributed by atoms with van der Waals surface area (Å²) < 4.78 is 10.7. The van der Waals surface area contributed by atoms with Crippen LogP contribution in [0.4, 0.5) is 4.79 Å². The molecule has 5 heteroatoms. The second-order valence-corrected chi connectivity index (χ2v) is 6.02. The first-order chi connectivity index (χ1) is 9.74. The van der Waals surface area contributed by atoms with Gasteiger partial charge in [-0.1, -0.05) is 12.8 Å². The third-order valence-electron chi connectivity index (χ3n) is 4.52. The van der Waals surface area contributed by atoms with Gasteiger partial charge in [0.2, 0.25) is 0 Å². The average molecular weight is 284 g/mol. The molecule has 116 valence electrons. The van der Waals surface area contributed by atoms with Gasteiger partial charge in [0.15, 0.2) is 0 Å². The Morgan fingerprint density at radius 3 is 2.75 bits per heavy atom. The predicted molar refractivity (Wildman–Crippen MR) is 77.8 cm³/mol. The van der Waals surface area contributed by atoms with Crippen molar-refractivity contribution in [2.75, 3.05) is 33.9 Å². The van der Waals surface area contributed by atoms with E-state index in [0.717, 1.165) is 45.4 Å². The van der Waals surface area contributed by atoms with Gasteiger partial charge >= 0.3 is 6.03 Å². The van der Waals surface area contributed by atoms with Crippen LogP contribution in [0.15, 0.2) is 0 Å². The van der Waals surface area contributed by atoms with Gasteiger partial charge in [-0.3, -0.25) is 0 Å². The molecule has 1 saturated carbocycles. The summed E-state index contributed by atoms with van der Waals surface area (Å²) in [5.41, 5.74) is 0. The topological polar surface area (TPSA) is 50.8 Å². The van der Waals surface area contributed by atoms with Gasteiger partial charge in [-0.2, -0.15) is 0 Å². The number of hydrogen-bond donors (Lipinski definition) is 1. The summed E-state index contributed by atoms with van der Waals surface area (Å²) in [6.07, 6.45) is 6.85. The van der Waals surface area contributed by atoms with E-state index in [1.165, 1.54) is 12.8 Å². The Labute approximate surface area is 122 Å². The summed E-state index contributed by atoms with van der Waals surface area (Å²) in [6.45, 7) is 2.41. The van der Waals surface area contributed by atoms with E-state index in [9.17, 15) is 4.79 Å². The van der Waals surface area contributed by atoms with Crippen molar-refractivity contribution in [1.82, 2.24) is 10.2 Å². The van der Waals surface area contributed by atoms with Gasteiger partial charge in [0, 0.05) is 33.2 Å². The molecule has 2 rings (SSSR count). The molecular formula is C15H28N2O3. The first-order valence-electron chi connectivity index (χ1n) is 7.81. The fourth-order valence-electron chi connectivity index (χ4n) is 3.42. The number of rotatable bonds is 4. The molecule has 0 aromatic carbocycles. The van der Waals surface area contributed by atoms with Crippen LogP contribution in [0.3, 0.4) is 0 Å². The van der Waals surface area contributed by atoms with Crippen molar-refractivity contribution < 1.29 is 14.3 Å². The minimum atomic E-state index is 0.0692. The maximum atomic E-state index is 12.4. The molecule has 1 N–H and O–H groups in total. The zero-order valence-electron chi connectivity index (χ0n) is 12.8. The van der Waals surface area contributed by atoms with Crippen LogP contribution in [0.1, 0.15) is 38.5 Å². The Balaban J connectivity index is 1.83. The minimum Gasteiger partial charge on any atom is -0.384 e. The van der Waals surface area contributed by atoms with Crippen LogP contribution >= 0.6 is 0 Å². The number of methoxy groups -OCH3 is 2. The molecule has 3 atom stereocenters. The third-order valence-corrected chi connectivity index (χ3v) is 4.52. The van der Waals surface area contributed by atoms with E-state index in [0.29, 0.717) is 5.92 Å². The van der Waals surface area contributed by atoms with E-state index < -0.39 is 0 Å². The van der Waals surface area contributed by atoms with Gasteiger partial charge in [0.1, 0.15) is 0 Å². The van der Waals surface area contributed by atoms with Gasteiger partial charge < -0.3 is 19.7 Å². The smallest absolute Gasteiger partial charge is 0.317 e. The van der Waals surface area contributed by atoms with Gasteiger partial charge in [0.05, 0.1) is 18.8 Å². The molecule has 0 unspecified atom stereocenters. The number of carbonyl (C=O) groups is 1. The van der Waals surface area contributed by atoms with Crippen LogP contribution in [0.5, 0.6) is 0 Å². The van der Waals surface area contributed by atoms with Crippen LogP contribution in [0.25, 0.3) is 0 Å². The number of carbonyl (C=O) groups excluding carboxylic acids is 1. The van der Waals surface area contributed by atoms with E-state index in [1.807, 2.05) is 4.90 Å². The lowest BCUT2D eigenvalue weighted by Gasteiger charge is -2.36. The molecule has 0 spiro atoms. The van der Waals surface area contributed by atoms with Crippen molar-refractivity contribution in [3.63, 3.8) is 0 Å². The molecule has 0 aromatic rings. The fourth-order valence-corrected chi connectivity index (χ4v) is 3.42. The average Bonchev–Trinajstić information content (AvgIpc) is 2.48. The molecule has 1 heterocycles. The summed E-state index contributed by atoms with van der Waals surface area (Å²) in [5.74, 6) is 0.476. The Kier molecular flexibility index (Phi) is 6.10. The molecular weight excluding hydrogens is 256 g/mol. The molecule has 20 heavy (non-hydrogen) atoms. The minimum absolute atomic E-state index is 0.0692. The third kappa shape index (κ3) is 4.09. The molecule has 2 aliphatic rings. The number of piperidine rings is 1. The maximum Gasteiger partial charge on any atom is 0.317 e. The van der Waals surface area contributed by atoms with Crippen molar-refractivity contribution >= 4 is 6.03 Å². The monoisotopic (exact) mass is 284 g/mol. The number of ether oxygens (including phenoxy) is 2. The van der Waals surface area contributed by atoms with Crippen molar-refractivity contribution in [1.29, 1.82) is 0 Å². The first-order valence-corrected chi connectivity index (χ1v) is 7.81. The van der Waals surface area contributed by atoms with E-state index in [1.54, 1.807) is 14.2 Å². The largest absolute Gasteiger partial charge is 0.384 e. The Bertz CT molecular complexity index is 309. The normalized spacial score (nSPS) is 31.1. The molecule has 2 fully saturated rings. The number of hydrogen-bond acceptors (Lipinski definition) is 3. The zero-order valence-corrected chi connectivity index (χ0v) is 12.8. The van der Waals surface area contributed by atoms with Gasteiger partial charge in [0.25, 0.3) is 0 Å². The Morgan fingerprint density at radius 2 is 2.00 bits per heavy atom. The van der Waals surface area contributed by atoms with Crippen molar-refractivity contribution in [3.05, 3.63) is 0 Å². The van der Waals surface area contributed by atoms with Crippen LogP contribution in [0, 0.1) is 5.92 Å². The zero-order chi connectivity index (χ0) is 14.4. The molecule has 1 aliphatic heterocycles. The number of amides is 2. The van der Waals surface area contributed by atoms with E-state index in [2.05, 4.69) is 5.32 Å². The molecule has 2 amide bonds. The van der Waals surface area contributed by atoms with Gasteiger partial charge in [-0.25, -0.2) is 4.79 Å². The van der Waals surface area contributed by atoms with Crippen molar-refractivity contribution in [2.24, 2.45) is 5.92 Å². The maximum absolute atomic E-state index is 12.4. The van der Waals surface area contributed by atoms with Crippen LogP contribution in [-0.2, 0) is 9.47 Å². The quantitative estimate of drug-likeness (QED) is 0.859. The standard InChI is InChI=1S/C15H28N2O3/c1-19-11-12-6-5-9-17(10-12)15(18)16-13-7-3-4-8-14(13)20-2/h12-14H,3-11H2,1-2H3,(H,16,18)/t12-,13+,14+/m1/s1. The number of nitrogens with one attached hydrogen (secondary N) is 1. The second-order valence-electron chi connectivity index (χ2n) is 6.02. The van der Waals surface area contributed by atoms with E-state index >= 15 is 0 Å². The van der Waals surface area contributed by atoms with Crippen molar-refractivity contribution in [2.45, 2.75) is 50.7 Å². The molecule has 0 radical (unpaired) electrons. The SMILES string of the molecule is COC[C@@H]1CCCN(C(=O)N[C@H]2CCCC[C@@H]2OC)C1. The Hall–Kier alpha value is -0.810. The molecule has 5 nitrogen and oxygen atoms in total. The summed E-state index contributed by atoms with van der Waals surface area (Å²) in [4.78, 5) is 14.3. The summed E-state index contributed by atoms with van der Waals surface area (Å²) in [5, 5.41) is 3.17. The summed E-state index contributed by atoms with van der Waals surface area (Å²) in [7, 11) is 3.47. The highest BCUT2D eigenvalue weighted by atomic mass is 16.5. The lowest BCUT2D eigenvalue weighted by atomic mass is 9.92. The van der Waals surface area contributed by atoms with Crippen LogP contribution < -0.4 is 5.32 Å². The van der Waals surface area contributed by atoms with Crippen LogP contribution in [0.2, 0.25) is 0 Å². The Morgan fingerprint density at radius 1 is 1.20 bits per heavy atom. The summed E-state index contributed by atoms with van der Waals surface area (Å²) in [6, 6.07) is 0.240. The predicted octanol–water partition coefficient (Wildman–Crippen LogP) is 2.01. The number of likely N-dealkylation sites (tertiary alicyclic amines) is 1. The van der Waals surface area contributed by atoms with Gasteiger partial charge in [-0.15, -0.1) is 0 Å². The molecule has 0 aromatic heterocycles. The highest BCUT2D eigenvalue weighted by molar-refractivity contribution is 5.74. The summed E-state index contributed by atoms with van der Waals surface area (Å²) >= 11 is 0.